The van der Waals surface area contributed by atoms with E-state index in [9.17, 15) is 12.8 Å². The molecule has 0 aliphatic rings. The van der Waals surface area contributed by atoms with Crippen molar-refractivity contribution in [2.24, 2.45) is 11.8 Å². The van der Waals surface area contributed by atoms with Crippen LogP contribution in [0.2, 0.25) is 0 Å². The van der Waals surface area contributed by atoms with Crippen LogP contribution in [0.4, 0.5) is 4.39 Å². The van der Waals surface area contributed by atoms with Crippen molar-refractivity contribution in [3.8, 4) is 11.1 Å². The Kier molecular flexibility index (Phi) is 7.05. The monoisotopic (exact) mass is 429 g/mol. The van der Waals surface area contributed by atoms with Crippen molar-refractivity contribution in [2.75, 3.05) is 6.54 Å². The molecule has 0 saturated heterocycles. The van der Waals surface area contributed by atoms with Gasteiger partial charge >= 0.3 is 0 Å². The Bertz CT molecular complexity index is 1030. The molecule has 0 aliphatic carbocycles. The second kappa shape index (κ2) is 9.53. The van der Waals surface area contributed by atoms with Gasteiger partial charge in [0.1, 0.15) is 5.82 Å². The van der Waals surface area contributed by atoms with Gasteiger partial charge in [-0.15, -0.1) is 0 Å². The number of hydrogen-bond acceptors (Lipinski definition) is 3. The van der Waals surface area contributed by atoms with Gasteiger partial charge in [-0.25, -0.2) is 17.8 Å². The van der Waals surface area contributed by atoms with Crippen LogP contribution in [0, 0.1) is 17.7 Å². The van der Waals surface area contributed by atoms with Gasteiger partial charge in [0.15, 0.2) is 0 Å². The second-order valence-electron chi connectivity index (χ2n) is 8.14. The summed E-state index contributed by atoms with van der Waals surface area (Å²) >= 11 is 0. The molecule has 1 atom stereocenters. The average Bonchev–Trinajstić information content (AvgIpc) is 3.21. The Morgan fingerprint density at radius 2 is 1.60 bits per heavy atom. The van der Waals surface area contributed by atoms with Gasteiger partial charge in [-0.1, -0.05) is 45.0 Å². The molecular weight excluding hydrogens is 401 g/mol. The van der Waals surface area contributed by atoms with Crippen LogP contribution in [0.1, 0.15) is 32.9 Å². The number of aromatic nitrogens is 2. The first-order valence-corrected chi connectivity index (χ1v) is 11.5. The summed E-state index contributed by atoms with van der Waals surface area (Å²) in [6.45, 7) is 7.02. The smallest absolute Gasteiger partial charge is 0.243 e. The van der Waals surface area contributed by atoms with Gasteiger partial charge in [0, 0.05) is 18.4 Å². The number of hydrogen-bond donors (Lipinski definition) is 1. The average molecular weight is 430 g/mol. The van der Waals surface area contributed by atoms with Crippen LogP contribution in [-0.2, 0) is 16.6 Å². The fourth-order valence-corrected chi connectivity index (χ4v) is 5.18. The summed E-state index contributed by atoms with van der Waals surface area (Å²) in [5, 5.41) is 0. The minimum absolute atomic E-state index is 0.223. The summed E-state index contributed by atoms with van der Waals surface area (Å²) in [4.78, 5) is 7.24. The zero-order valence-corrected chi connectivity index (χ0v) is 18.4. The molecule has 1 heterocycles. The lowest BCUT2D eigenvalue weighted by Crippen LogP contribution is -2.34. The van der Waals surface area contributed by atoms with Crippen molar-refractivity contribution in [3.05, 3.63) is 72.6 Å². The molecule has 2 aromatic carbocycles. The Morgan fingerprint density at radius 1 is 1.00 bits per heavy atom. The van der Waals surface area contributed by atoms with E-state index in [2.05, 4.69) is 30.7 Å². The van der Waals surface area contributed by atoms with Crippen molar-refractivity contribution in [1.29, 1.82) is 0 Å². The minimum Gasteiger partial charge on any atom is -0.347 e. The molecule has 160 valence electrons. The highest BCUT2D eigenvalue weighted by Gasteiger charge is 2.27. The number of H-pyrrole nitrogens is 1. The predicted molar refractivity (Wildman–Crippen MR) is 117 cm³/mol. The van der Waals surface area contributed by atoms with Crippen molar-refractivity contribution in [1.82, 2.24) is 14.3 Å². The van der Waals surface area contributed by atoms with Gasteiger partial charge in [0.05, 0.1) is 17.8 Å². The van der Waals surface area contributed by atoms with Crippen LogP contribution < -0.4 is 0 Å². The van der Waals surface area contributed by atoms with Crippen LogP contribution in [0.3, 0.4) is 0 Å². The second-order valence-corrected chi connectivity index (χ2v) is 10.1. The number of imidazole rings is 1. The molecule has 0 aliphatic heterocycles. The molecule has 0 saturated carbocycles. The van der Waals surface area contributed by atoms with Crippen molar-refractivity contribution >= 4 is 10.0 Å². The lowest BCUT2D eigenvalue weighted by Gasteiger charge is -2.26. The molecule has 0 spiro atoms. The molecule has 0 amide bonds. The van der Waals surface area contributed by atoms with Crippen molar-refractivity contribution in [3.63, 3.8) is 0 Å². The van der Waals surface area contributed by atoms with Gasteiger partial charge in [0.2, 0.25) is 10.0 Å². The quantitative estimate of drug-likeness (QED) is 0.515. The Morgan fingerprint density at radius 3 is 2.13 bits per heavy atom. The number of sulfonamides is 1. The van der Waals surface area contributed by atoms with Crippen LogP contribution in [0.15, 0.2) is 66.0 Å². The first kappa shape index (κ1) is 22.2. The Balaban J connectivity index is 1.86. The fraction of sp³-hybridized carbons (Fsp3) is 0.348. The Labute approximate surface area is 178 Å². The van der Waals surface area contributed by atoms with E-state index in [0.717, 1.165) is 23.2 Å². The largest absolute Gasteiger partial charge is 0.347 e. The standard InChI is InChI=1S/C23H28FN3O2S/c1-17(2)12-18(3)14-27(15-22-13-25-16-26-22)30(28,29)23-10-6-20(7-11-23)19-4-8-21(24)9-5-19/h4-11,13,16-18H,12,14-15H2,1-3H3,(H,25,26). The highest BCUT2D eigenvalue weighted by molar-refractivity contribution is 7.89. The molecule has 3 rings (SSSR count). The summed E-state index contributed by atoms with van der Waals surface area (Å²) in [7, 11) is -3.69. The number of halogens is 1. The van der Waals surface area contributed by atoms with Gasteiger partial charge in [-0.05, 0) is 53.6 Å². The van der Waals surface area contributed by atoms with Crippen LogP contribution in [-0.4, -0.2) is 29.2 Å². The van der Waals surface area contributed by atoms with E-state index >= 15 is 0 Å². The van der Waals surface area contributed by atoms with E-state index in [0.29, 0.717) is 12.5 Å². The van der Waals surface area contributed by atoms with E-state index in [-0.39, 0.29) is 23.2 Å². The maximum atomic E-state index is 13.4. The lowest BCUT2D eigenvalue weighted by molar-refractivity contribution is 0.315. The van der Waals surface area contributed by atoms with E-state index in [4.69, 9.17) is 0 Å². The third-order valence-electron chi connectivity index (χ3n) is 4.96. The topological polar surface area (TPSA) is 66.1 Å². The fourth-order valence-electron chi connectivity index (χ4n) is 3.65. The highest BCUT2D eigenvalue weighted by atomic mass is 32.2. The number of rotatable bonds is 9. The number of benzene rings is 2. The van der Waals surface area contributed by atoms with E-state index in [1.54, 1.807) is 48.9 Å². The Hall–Kier alpha value is -2.51. The molecule has 1 unspecified atom stereocenters. The van der Waals surface area contributed by atoms with Crippen LogP contribution >= 0.6 is 0 Å². The first-order chi connectivity index (χ1) is 14.3. The van der Waals surface area contributed by atoms with Gasteiger partial charge in [0.25, 0.3) is 0 Å². The molecule has 0 radical (unpaired) electrons. The molecule has 1 N–H and O–H groups in total. The molecule has 0 fully saturated rings. The maximum Gasteiger partial charge on any atom is 0.243 e. The maximum absolute atomic E-state index is 13.4. The van der Waals surface area contributed by atoms with Gasteiger partial charge in [-0.3, -0.25) is 0 Å². The predicted octanol–water partition coefficient (Wildman–Crippen LogP) is 5.09. The molecule has 5 nitrogen and oxygen atoms in total. The lowest BCUT2D eigenvalue weighted by atomic mass is 9.99. The molecular formula is C23H28FN3O2S. The molecule has 1 aromatic heterocycles. The molecule has 3 aromatic rings. The van der Waals surface area contributed by atoms with E-state index in [1.165, 1.54) is 16.4 Å². The van der Waals surface area contributed by atoms with Crippen molar-refractivity contribution < 1.29 is 12.8 Å². The third kappa shape index (κ3) is 5.55. The third-order valence-corrected chi connectivity index (χ3v) is 6.79. The number of aromatic amines is 1. The molecule has 0 bridgehead atoms. The highest BCUT2D eigenvalue weighted by Crippen LogP contribution is 2.25. The van der Waals surface area contributed by atoms with Crippen LogP contribution in [0.25, 0.3) is 11.1 Å². The summed E-state index contributed by atoms with van der Waals surface area (Å²) < 4.78 is 41.5. The van der Waals surface area contributed by atoms with Crippen molar-refractivity contribution in [2.45, 2.75) is 38.6 Å². The van der Waals surface area contributed by atoms with Crippen LogP contribution in [0.5, 0.6) is 0 Å². The number of nitrogens with one attached hydrogen (secondary N) is 1. The van der Waals surface area contributed by atoms with Gasteiger partial charge < -0.3 is 4.98 Å². The SMILES string of the molecule is CC(C)CC(C)CN(Cc1cnc[nH]1)S(=O)(=O)c1ccc(-c2ccc(F)cc2)cc1. The summed E-state index contributed by atoms with van der Waals surface area (Å²) in [5.41, 5.74) is 2.42. The normalized spacial score (nSPS) is 13.1. The summed E-state index contributed by atoms with van der Waals surface area (Å²) in [5.74, 6) is 0.413. The molecule has 30 heavy (non-hydrogen) atoms. The minimum atomic E-state index is -3.69. The number of nitrogens with zero attached hydrogens (tertiary/aromatic N) is 2. The van der Waals surface area contributed by atoms with E-state index < -0.39 is 10.0 Å². The van der Waals surface area contributed by atoms with E-state index in [1.807, 2.05) is 0 Å². The van der Waals surface area contributed by atoms with Gasteiger partial charge in [-0.2, -0.15) is 4.31 Å². The summed E-state index contributed by atoms with van der Waals surface area (Å²) in [6.07, 6.45) is 4.14. The zero-order valence-electron chi connectivity index (χ0n) is 17.5. The zero-order chi connectivity index (χ0) is 21.7. The summed E-state index contributed by atoms with van der Waals surface area (Å²) in [6, 6.07) is 12.9. The molecule has 7 heteroatoms. The first-order valence-electron chi connectivity index (χ1n) is 10.1.